The lowest BCUT2D eigenvalue weighted by molar-refractivity contribution is -0.385. The normalized spacial score (nSPS) is 16.6. The van der Waals surface area contributed by atoms with Crippen LogP contribution < -0.4 is 0 Å². The first-order chi connectivity index (χ1) is 12.1. The summed E-state index contributed by atoms with van der Waals surface area (Å²) < 4.78 is 0. The first-order valence-corrected chi connectivity index (χ1v) is 8.39. The van der Waals surface area contributed by atoms with E-state index in [1.54, 1.807) is 18.2 Å². The fourth-order valence-electron chi connectivity index (χ4n) is 2.92. The molecule has 0 aromatic heterocycles. The lowest BCUT2D eigenvalue weighted by atomic mass is 9.97. The molecule has 0 saturated carbocycles. The third-order valence-electron chi connectivity index (χ3n) is 4.07. The molecule has 1 amide bonds. The number of alkyl halides is 1. The summed E-state index contributed by atoms with van der Waals surface area (Å²) in [6.45, 7) is 0. The molecule has 6 nitrogen and oxygen atoms in total. The molecule has 1 aliphatic rings. The minimum atomic E-state index is -0.507. The van der Waals surface area contributed by atoms with E-state index in [1.165, 1.54) is 11.1 Å². The number of carbonyl (C=O) groups is 1. The Balaban J connectivity index is 2.01. The predicted octanol–water partition coefficient (Wildman–Crippen LogP) is 3.90. The summed E-state index contributed by atoms with van der Waals surface area (Å²) in [6.07, 6.45) is 0.549. The second-order valence-corrected chi connectivity index (χ2v) is 6.00. The highest BCUT2D eigenvalue weighted by Gasteiger charge is 2.36. The summed E-state index contributed by atoms with van der Waals surface area (Å²) in [7, 11) is 0. The van der Waals surface area contributed by atoms with Gasteiger partial charge in [-0.1, -0.05) is 42.5 Å². The maximum atomic E-state index is 12.5. The number of nitro groups is 1. The highest BCUT2D eigenvalue weighted by molar-refractivity contribution is 6.19. The Morgan fingerprint density at radius 2 is 1.88 bits per heavy atom. The van der Waals surface area contributed by atoms with Crippen LogP contribution in [-0.2, 0) is 4.79 Å². The molecule has 0 radical (unpaired) electrons. The summed E-state index contributed by atoms with van der Waals surface area (Å²) in [4.78, 5) is 23.4. The van der Waals surface area contributed by atoms with E-state index in [4.69, 9.17) is 11.6 Å². The van der Waals surface area contributed by atoms with Crippen LogP contribution in [0.2, 0.25) is 0 Å². The van der Waals surface area contributed by atoms with Gasteiger partial charge in [-0.15, -0.1) is 11.6 Å². The Kier molecular flexibility index (Phi) is 5.09. The van der Waals surface area contributed by atoms with Crippen molar-refractivity contribution in [2.24, 2.45) is 5.10 Å². The van der Waals surface area contributed by atoms with Gasteiger partial charge in [0.05, 0.1) is 22.2 Å². The van der Waals surface area contributed by atoms with Crippen LogP contribution in [0.3, 0.4) is 0 Å². The van der Waals surface area contributed by atoms with Crippen LogP contribution in [0, 0.1) is 10.1 Å². The molecule has 128 valence electrons. The van der Waals surface area contributed by atoms with Crippen molar-refractivity contribution in [1.29, 1.82) is 0 Å². The van der Waals surface area contributed by atoms with Crippen molar-refractivity contribution < 1.29 is 9.72 Å². The zero-order chi connectivity index (χ0) is 17.8. The molecule has 7 heteroatoms. The van der Waals surface area contributed by atoms with Gasteiger partial charge in [-0.3, -0.25) is 14.9 Å². The zero-order valence-corrected chi connectivity index (χ0v) is 14.1. The van der Waals surface area contributed by atoms with Crippen molar-refractivity contribution in [2.45, 2.75) is 18.9 Å². The SMILES string of the molecule is O=C(CCCl)N1N=C(c2ccccc2)C[C@@H]1c1ccccc1[N+](=O)[O-]. The fourth-order valence-corrected chi connectivity index (χ4v) is 3.08. The molecule has 2 aromatic rings. The Hall–Kier alpha value is -2.73. The number of halogens is 1. The van der Waals surface area contributed by atoms with E-state index in [0.717, 1.165) is 11.3 Å². The molecule has 3 rings (SSSR count). The smallest absolute Gasteiger partial charge is 0.273 e. The fraction of sp³-hybridized carbons (Fsp3) is 0.222. The van der Waals surface area contributed by atoms with Gasteiger partial charge in [-0.05, 0) is 11.6 Å². The summed E-state index contributed by atoms with van der Waals surface area (Å²) in [5.41, 5.74) is 2.09. The van der Waals surface area contributed by atoms with Crippen LogP contribution in [0.5, 0.6) is 0 Å². The number of nitro benzene ring substituents is 1. The number of rotatable bonds is 5. The quantitative estimate of drug-likeness (QED) is 0.462. The van der Waals surface area contributed by atoms with Gasteiger partial charge in [0.2, 0.25) is 5.91 Å². The molecule has 1 heterocycles. The van der Waals surface area contributed by atoms with Crippen LogP contribution in [0.15, 0.2) is 59.7 Å². The standard InChI is InChI=1S/C18H16ClN3O3/c19-11-10-18(23)21-17(14-8-4-5-9-16(14)22(24)25)12-15(20-21)13-6-2-1-3-7-13/h1-9,17H,10-12H2/t17-/m1/s1. The Morgan fingerprint density at radius 1 is 1.20 bits per heavy atom. The molecule has 1 atom stereocenters. The third-order valence-corrected chi connectivity index (χ3v) is 4.26. The predicted molar refractivity (Wildman–Crippen MR) is 95.6 cm³/mol. The molecular formula is C18H16ClN3O3. The lowest BCUT2D eigenvalue weighted by Crippen LogP contribution is -2.27. The summed E-state index contributed by atoms with van der Waals surface area (Å²) in [6, 6.07) is 15.4. The number of amides is 1. The van der Waals surface area contributed by atoms with Gasteiger partial charge in [0.25, 0.3) is 5.69 Å². The Morgan fingerprint density at radius 3 is 2.56 bits per heavy atom. The molecule has 0 fully saturated rings. The van der Waals surface area contributed by atoms with Crippen LogP contribution in [0.25, 0.3) is 0 Å². The number of nitrogens with zero attached hydrogens (tertiary/aromatic N) is 3. The van der Waals surface area contributed by atoms with E-state index >= 15 is 0 Å². The van der Waals surface area contributed by atoms with Crippen molar-refractivity contribution >= 4 is 28.9 Å². The highest BCUT2D eigenvalue weighted by Crippen LogP contribution is 2.37. The van der Waals surface area contributed by atoms with E-state index in [0.29, 0.717) is 12.0 Å². The minimum absolute atomic E-state index is 0.0133. The molecule has 0 unspecified atom stereocenters. The summed E-state index contributed by atoms with van der Waals surface area (Å²) in [5.74, 6) is -0.0705. The summed E-state index contributed by atoms with van der Waals surface area (Å²) in [5, 5.41) is 17.2. The monoisotopic (exact) mass is 357 g/mol. The maximum Gasteiger partial charge on any atom is 0.274 e. The number of hydrazone groups is 1. The average molecular weight is 358 g/mol. The van der Waals surface area contributed by atoms with E-state index < -0.39 is 11.0 Å². The van der Waals surface area contributed by atoms with Gasteiger partial charge in [-0.2, -0.15) is 5.10 Å². The van der Waals surface area contributed by atoms with Crippen LogP contribution >= 0.6 is 11.6 Å². The Labute approximate surface area is 149 Å². The topological polar surface area (TPSA) is 75.8 Å². The third kappa shape index (κ3) is 3.53. The molecular weight excluding hydrogens is 342 g/mol. The first-order valence-electron chi connectivity index (χ1n) is 7.86. The van der Waals surface area contributed by atoms with Gasteiger partial charge < -0.3 is 0 Å². The van der Waals surface area contributed by atoms with Crippen LogP contribution in [0.1, 0.15) is 30.0 Å². The van der Waals surface area contributed by atoms with E-state index in [1.807, 2.05) is 30.3 Å². The Bertz CT molecular complexity index is 823. The van der Waals surface area contributed by atoms with Gasteiger partial charge >= 0.3 is 0 Å². The van der Waals surface area contributed by atoms with Gasteiger partial charge in [0, 0.05) is 24.8 Å². The molecule has 1 aliphatic heterocycles. The molecule has 0 bridgehead atoms. The minimum Gasteiger partial charge on any atom is -0.273 e. The summed E-state index contributed by atoms with van der Waals surface area (Å²) >= 11 is 5.70. The number of hydrogen-bond acceptors (Lipinski definition) is 4. The van der Waals surface area contributed by atoms with Crippen LogP contribution in [-0.4, -0.2) is 27.4 Å². The van der Waals surface area contributed by atoms with E-state index in [2.05, 4.69) is 5.10 Å². The number of benzene rings is 2. The molecule has 0 spiro atoms. The second kappa shape index (κ2) is 7.44. The van der Waals surface area contributed by atoms with E-state index in [-0.39, 0.29) is 23.9 Å². The van der Waals surface area contributed by atoms with Crippen molar-refractivity contribution in [3.63, 3.8) is 0 Å². The molecule has 0 N–H and O–H groups in total. The van der Waals surface area contributed by atoms with Crippen LogP contribution in [0.4, 0.5) is 5.69 Å². The van der Waals surface area contributed by atoms with Crippen molar-refractivity contribution in [3.8, 4) is 0 Å². The van der Waals surface area contributed by atoms with Gasteiger partial charge in [-0.25, -0.2) is 5.01 Å². The largest absolute Gasteiger partial charge is 0.274 e. The second-order valence-electron chi connectivity index (χ2n) is 5.63. The highest BCUT2D eigenvalue weighted by atomic mass is 35.5. The van der Waals surface area contributed by atoms with Crippen molar-refractivity contribution in [1.82, 2.24) is 5.01 Å². The van der Waals surface area contributed by atoms with Gasteiger partial charge in [0.15, 0.2) is 0 Å². The average Bonchev–Trinajstić information content (AvgIpc) is 3.08. The lowest BCUT2D eigenvalue weighted by Gasteiger charge is -2.21. The molecule has 0 aliphatic carbocycles. The molecule has 2 aromatic carbocycles. The number of hydrogen-bond donors (Lipinski definition) is 0. The van der Waals surface area contributed by atoms with Gasteiger partial charge in [0.1, 0.15) is 0 Å². The number of carbonyl (C=O) groups excluding carboxylic acids is 1. The molecule has 25 heavy (non-hydrogen) atoms. The first kappa shape index (κ1) is 17.1. The molecule has 0 saturated heterocycles. The van der Waals surface area contributed by atoms with Crippen molar-refractivity contribution in [2.75, 3.05) is 5.88 Å². The maximum absolute atomic E-state index is 12.5. The number of para-hydroxylation sites is 1. The van der Waals surface area contributed by atoms with Crippen molar-refractivity contribution in [3.05, 3.63) is 75.8 Å². The van der Waals surface area contributed by atoms with E-state index in [9.17, 15) is 14.9 Å². The zero-order valence-electron chi connectivity index (χ0n) is 13.3.